The average Bonchev–Trinajstić information content (AvgIpc) is 2.24. The highest BCUT2D eigenvalue weighted by atomic mass is 19.4. The van der Waals surface area contributed by atoms with Crippen molar-refractivity contribution in [3.8, 4) is 0 Å². The summed E-state index contributed by atoms with van der Waals surface area (Å²) >= 11 is 0. The van der Waals surface area contributed by atoms with Crippen molar-refractivity contribution in [1.29, 1.82) is 0 Å². The first-order valence-corrected chi connectivity index (χ1v) is 5.98. The summed E-state index contributed by atoms with van der Waals surface area (Å²) in [5, 5.41) is 4.48. The number of nitrogens with one attached hydrogen (secondary N) is 2. The molecule has 0 radical (unpaired) electrons. The zero-order chi connectivity index (χ0) is 15.8. The Kier molecular flexibility index (Phi) is 8.16. The van der Waals surface area contributed by atoms with Gasteiger partial charge in [-0.2, -0.15) is 13.2 Å². The largest absolute Gasteiger partial charge is 0.390 e. The van der Waals surface area contributed by atoms with E-state index in [1.54, 1.807) is 6.92 Å². The van der Waals surface area contributed by atoms with Crippen LogP contribution < -0.4 is 10.6 Å². The predicted octanol–water partition coefficient (Wildman–Crippen LogP) is 0.731. The summed E-state index contributed by atoms with van der Waals surface area (Å²) in [6.07, 6.45) is -5.27. The monoisotopic (exact) mass is 299 g/mol. The maximum absolute atomic E-state index is 12.0. The van der Waals surface area contributed by atoms with Crippen molar-refractivity contribution < 1.29 is 27.5 Å². The Bertz CT molecular complexity index is 324. The second-order valence-electron chi connectivity index (χ2n) is 4.48. The zero-order valence-corrected chi connectivity index (χ0v) is 11.7. The van der Waals surface area contributed by atoms with Crippen LogP contribution in [0.1, 0.15) is 13.3 Å². The Morgan fingerprint density at radius 2 is 1.95 bits per heavy atom. The second kappa shape index (κ2) is 8.75. The van der Waals surface area contributed by atoms with Gasteiger partial charge in [-0.05, 0) is 14.0 Å². The van der Waals surface area contributed by atoms with Crippen molar-refractivity contribution in [1.82, 2.24) is 15.5 Å². The lowest BCUT2D eigenvalue weighted by molar-refractivity contribution is -0.139. The van der Waals surface area contributed by atoms with Gasteiger partial charge < -0.3 is 10.1 Å². The third-order valence-corrected chi connectivity index (χ3v) is 2.24. The zero-order valence-electron chi connectivity index (χ0n) is 11.7. The molecule has 0 aliphatic heterocycles. The highest BCUT2D eigenvalue weighted by molar-refractivity contribution is 5.95. The molecule has 0 saturated carbocycles. The molecule has 0 aromatic carbocycles. The van der Waals surface area contributed by atoms with E-state index in [0.29, 0.717) is 0 Å². The van der Waals surface area contributed by atoms with Gasteiger partial charge in [0.1, 0.15) is 0 Å². The molecule has 0 aromatic heterocycles. The van der Waals surface area contributed by atoms with Gasteiger partial charge >= 0.3 is 12.2 Å². The maximum atomic E-state index is 12.0. The molecule has 0 aromatic rings. The molecular formula is C11H20F3N3O3. The van der Waals surface area contributed by atoms with Gasteiger partial charge in [0.25, 0.3) is 0 Å². The Balaban J connectivity index is 3.95. The molecule has 0 bridgehead atoms. The van der Waals surface area contributed by atoms with Gasteiger partial charge in [0, 0.05) is 13.7 Å². The lowest BCUT2D eigenvalue weighted by atomic mass is 10.3. The third-order valence-electron chi connectivity index (χ3n) is 2.24. The number of likely N-dealkylation sites (N-methyl/N-ethyl adjacent to an activating group) is 1. The number of rotatable bonds is 7. The number of urea groups is 1. The molecule has 6 nitrogen and oxygen atoms in total. The molecule has 0 spiro atoms. The summed E-state index contributed by atoms with van der Waals surface area (Å²) < 4.78 is 40.7. The van der Waals surface area contributed by atoms with Crippen LogP contribution >= 0.6 is 0 Å². The van der Waals surface area contributed by atoms with Crippen molar-refractivity contribution in [2.75, 3.05) is 33.9 Å². The van der Waals surface area contributed by atoms with Crippen LogP contribution in [-0.4, -0.2) is 62.9 Å². The topological polar surface area (TPSA) is 70.7 Å². The van der Waals surface area contributed by atoms with E-state index in [-0.39, 0.29) is 25.7 Å². The first-order valence-electron chi connectivity index (χ1n) is 5.98. The number of amides is 3. The van der Waals surface area contributed by atoms with E-state index < -0.39 is 24.5 Å². The highest BCUT2D eigenvalue weighted by Crippen LogP contribution is 2.19. The van der Waals surface area contributed by atoms with Crippen LogP contribution in [0.4, 0.5) is 18.0 Å². The molecular weight excluding hydrogens is 279 g/mol. The molecule has 0 aliphatic rings. The molecule has 0 heterocycles. The summed E-state index contributed by atoms with van der Waals surface area (Å²) in [5.74, 6) is -0.670. The van der Waals surface area contributed by atoms with E-state index in [9.17, 15) is 22.8 Å². The lowest BCUT2D eigenvalue weighted by Crippen LogP contribution is -2.47. The van der Waals surface area contributed by atoms with Gasteiger partial charge in [0.15, 0.2) is 0 Å². The minimum absolute atomic E-state index is 0.282. The number of methoxy groups -OCH3 is 1. The smallest absolute Gasteiger partial charge is 0.383 e. The molecule has 2 N–H and O–H groups in total. The number of carbonyl (C=O) groups is 2. The number of nitrogens with zero attached hydrogens (tertiary/aromatic N) is 1. The molecule has 9 heteroatoms. The molecule has 0 rings (SSSR count). The molecule has 0 saturated heterocycles. The van der Waals surface area contributed by atoms with Gasteiger partial charge in [-0.15, -0.1) is 0 Å². The summed E-state index contributed by atoms with van der Waals surface area (Å²) in [4.78, 5) is 23.9. The molecule has 118 valence electrons. The summed E-state index contributed by atoms with van der Waals surface area (Å²) in [6, 6.07) is -0.987. The van der Waals surface area contributed by atoms with Crippen LogP contribution in [0.25, 0.3) is 0 Å². The number of hydrogen-bond acceptors (Lipinski definition) is 4. The summed E-state index contributed by atoms with van der Waals surface area (Å²) in [7, 11) is 2.84. The van der Waals surface area contributed by atoms with E-state index >= 15 is 0 Å². The van der Waals surface area contributed by atoms with Crippen molar-refractivity contribution in [2.45, 2.75) is 25.6 Å². The molecule has 20 heavy (non-hydrogen) atoms. The fraction of sp³-hybridized carbons (Fsp3) is 0.818. The van der Waals surface area contributed by atoms with E-state index in [1.807, 2.05) is 5.32 Å². The standard InChI is InChI=1S/C11H20F3N3O3/c1-8(7-20-3)15-10(19)16-9(18)6-17(2)5-4-11(12,13)14/h8H,4-7H2,1-3H3,(H2,15,16,18,19). The normalized spacial score (nSPS) is 13.2. The number of hydrogen-bond donors (Lipinski definition) is 2. The minimum Gasteiger partial charge on any atom is -0.383 e. The van der Waals surface area contributed by atoms with Gasteiger partial charge in [-0.1, -0.05) is 0 Å². The predicted molar refractivity (Wildman–Crippen MR) is 66.2 cm³/mol. The van der Waals surface area contributed by atoms with Crippen LogP contribution in [0.15, 0.2) is 0 Å². The fourth-order valence-electron chi connectivity index (χ4n) is 1.36. The third kappa shape index (κ3) is 10.6. The van der Waals surface area contributed by atoms with Crippen molar-refractivity contribution in [3.05, 3.63) is 0 Å². The second-order valence-corrected chi connectivity index (χ2v) is 4.48. The van der Waals surface area contributed by atoms with Crippen LogP contribution in [-0.2, 0) is 9.53 Å². The Morgan fingerprint density at radius 1 is 1.35 bits per heavy atom. The Labute approximate surface area is 115 Å². The number of alkyl halides is 3. The number of imide groups is 1. The van der Waals surface area contributed by atoms with Crippen molar-refractivity contribution in [3.63, 3.8) is 0 Å². The Morgan fingerprint density at radius 3 is 2.45 bits per heavy atom. The van der Waals surface area contributed by atoms with Gasteiger partial charge in [-0.25, -0.2) is 4.79 Å². The van der Waals surface area contributed by atoms with Gasteiger partial charge in [0.2, 0.25) is 5.91 Å². The van der Waals surface area contributed by atoms with Crippen LogP contribution in [0.5, 0.6) is 0 Å². The van der Waals surface area contributed by atoms with Crippen LogP contribution in [0.3, 0.4) is 0 Å². The van der Waals surface area contributed by atoms with Gasteiger partial charge in [0.05, 0.1) is 25.6 Å². The maximum Gasteiger partial charge on any atom is 0.390 e. The summed E-state index contributed by atoms with van der Waals surface area (Å²) in [5.41, 5.74) is 0. The molecule has 1 unspecified atom stereocenters. The van der Waals surface area contributed by atoms with E-state index in [1.165, 1.54) is 19.1 Å². The molecule has 0 fully saturated rings. The van der Waals surface area contributed by atoms with Crippen LogP contribution in [0, 0.1) is 0 Å². The van der Waals surface area contributed by atoms with E-state index in [4.69, 9.17) is 4.74 Å². The van der Waals surface area contributed by atoms with Crippen LogP contribution in [0.2, 0.25) is 0 Å². The average molecular weight is 299 g/mol. The lowest BCUT2D eigenvalue weighted by Gasteiger charge is -2.17. The number of ether oxygens (including phenoxy) is 1. The number of carbonyl (C=O) groups excluding carboxylic acids is 2. The molecule has 3 amide bonds. The molecule has 0 aliphatic carbocycles. The highest BCUT2D eigenvalue weighted by Gasteiger charge is 2.27. The van der Waals surface area contributed by atoms with E-state index in [0.717, 1.165) is 0 Å². The Hall–Kier alpha value is -1.35. The van der Waals surface area contributed by atoms with Crippen molar-refractivity contribution >= 4 is 11.9 Å². The quantitative estimate of drug-likeness (QED) is 0.727. The molecule has 1 atom stereocenters. The van der Waals surface area contributed by atoms with E-state index in [2.05, 4.69) is 5.32 Å². The SMILES string of the molecule is COCC(C)NC(=O)NC(=O)CN(C)CCC(F)(F)F. The fourth-order valence-corrected chi connectivity index (χ4v) is 1.36. The van der Waals surface area contributed by atoms with Gasteiger partial charge in [-0.3, -0.25) is 15.0 Å². The first-order chi connectivity index (χ1) is 9.14. The minimum atomic E-state index is -4.27. The van der Waals surface area contributed by atoms with Crippen molar-refractivity contribution in [2.24, 2.45) is 0 Å². The first kappa shape index (κ1) is 18.7. The summed E-state index contributed by atoms with van der Waals surface area (Å²) in [6.45, 7) is 1.37. The number of halogens is 3.